The summed E-state index contributed by atoms with van der Waals surface area (Å²) < 4.78 is 54.7. The second kappa shape index (κ2) is 5.82. The predicted molar refractivity (Wildman–Crippen MR) is 79.2 cm³/mol. The number of anilines is 1. The van der Waals surface area contributed by atoms with Crippen molar-refractivity contribution in [2.75, 3.05) is 11.8 Å². The maximum Gasteiger partial charge on any atom is 0.241 e. The van der Waals surface area contributed by atoms with E-state index in [4.69, 9.17) is 9.88 Å². The molecule has 0 aromatic heterocycles. The normalized spacial score (nSPS) is 16.9. The molecule has 1 saturated carbocycles. The van der Waals surface area contributed by atoms with Gasteiger partial charge in [0, 0.05) is 0 Å². The van der Waals surface area contributed by atoms with E-state index >= 15 is 0 Å². The number of sulfonamides is 2. The van der Waals surface area contributed by atoms with Crippen LogP contribution in [-0.4, -0.2) is 29.2 Å². The number of hydrogen-bond donors (Lipinski definition) is 2. The molecule has 118 valence electrons. The van der Waals surface area contributed by atoms with Crippen LogP contribution in [0.2, 0.25) is 0 Å². The van der Waals surface area contributed by atoms with Crippen LogP contribution >= 0.6 is 0 Å². The van der Waals surface area contributed by atoms with Crippen LogP contribution < -0.4 is 14.6 Å². The molecule has 2 rings (SSSR count). The van der Waals surface area contributed by atoms with Gasteiger partial charge >= 0.3 is 0 Å². The molecule has 1 aliphatic rings. The SMILES string of the molecule is COc1ccc(NS(=O)(=O)C2CCCC2)cc1S(N)(=O)=O. The zero-order chi connectivity index (χ0) is 15.7. The van der Waals surface area contributed by atoms with Gasteiger partial charge in [-0.3, -0.25) is 4.72 Å². The molecule has 1 aromatic rings. The van der Waals surface area contributed by atoms with E-state index in [1.165, 1.54) is 25.3 Å². The highest BCUT2D eigenvalue weighted by Gasteiger charge is 2.29. The number of hydrogen-bond acceptors (Lipinski definition) is 5. The molecule has 1 fully saturated rings. The monoisotopic (exact) mass is 334 g/mol. The minimum absolute atomic E-state index is 0.0707. The lowest BCUT2D eigenvalue weighted by Gasteiger charge is -2.15. The molecule has 0 amide bonds. The molecule has 3 N–H and O–H groups in total. The summed E-state index contributed by atoms with van der Waals surface area (Å²) in [6.45, 7) is 0. The van der Waals surface area contributed by atoms with Crippen molar-refractivity contribution in [3.63, 3.8) is 0 Å². The molecule has 21 heavy (non-hydrogen) atoms. The fourth-order valence-corrected chi connectivity index (χ4v) is 4.71. The molecule has 0 bridgehead atoms. The molecule has 1 aliphatic carbocycles. The van der Waals surface area contributed by atoms with Crippen LogP contribution in [0.4, 0.5) is 5.69 Å². The van der Waals surface area contributed by atoms with Crippen molar-refractivity contribution >= 4 is 25.7 Å². The predicted octanol–water partition coefficient (Wildman–Crippen LogP) is 1.03. The lowest BCUT2D eigenvalue weighted by atomic mass is 10.3. The van der Waals surface area contributed by atoms with Crippen molar-refractivity contribution in [1.29, 1.82) is 0 Å². The van der Waals surface area contributed by atoms with E-state index in [0.29, 0.717) is 12.8 Å². The van der Waals surface area contributed by atoms with E-state index in [0.717, 1.165) is 12.8 Å². The summed E-state index contributed by atoms with van der Waals surface area (Å²) >= 11 is 0. The van der Waals surface area contributed by atoms with Gasteiger partial charge in [-0.2, -0.15) is 0 Å². The molecule has 1 aromatic carbocycles. The number of benzene rings is 1. The maximum absolute atomic E-state index is 12.2. The Balaban J connectivity index is 2.33. The number of rotatable bonds is 5. The van der Waals surface area contributed by atoms with Gasteiger partial charge in [0.1, 0.15) is 10.6 Å². The minimum atomic E-state index is -4.00. The van der Waals surface area contributed by atoms with Crippen molar-refractivity contribution in [2.24, 2.45) is 5.14 Å². The zero-order valence-electron chi connectivity index (χ0n) is 11.6. The number of primary sulfonamides is 1. The molecule has 0 unspecified atom stereocenters. The molecular formula is C12H18N2O5S2. The van der Waals surface area contributed by atoms with Crippen LogP contribution in [0.1, 0.15) is 25.7 Å². The van der Waals surface area contributed by atoms with Gasteiger partial charge in [0.2, 0.25) is 20.0 Å². The highest BCUT2D eigenvalue weighted by Crippen LogP contribution is 2.29. The first-order chi connectivity index (χ1) is 9.74. The third-order valence-electron chi connectivity index (χ3n) is 3.47. The summed E-state index contributed by atoms with van der Waals surface area (Å²) in [6, 6.07) is 3.98. The molecule has 0 atom stereocenters. The first-order valence-corrected chi connectivity index (χ1v) is 9.56. The maximum atomic E-state index is 12.2. The van der Waals surface area contributed by atoms with Crippen LogP contribution in [0.15, 0.2) is 23.1 Å². The van der Waals surface area contributed by atoms with Gasteiger partial charge in [-0.15, -0.1) is 0 Å². The van der Waals surface area contributed by atoms with E-state index in [9.17, 15) is 16.8 Å². The molecule has 0 saturated heterocycles. The summed E-state index contributed by atoms with van der Waals surface area (Å²) in [5.74, 6) is 0.0707. The topological polar surface area (TPSA) is 116 Å². The average molecular weight is 334 g/mol. The molecule has 0 spiro atoms. The largest absolute Gasteiger partial charge is 0.495 e. The Morgan fingerprint density at radius 1 is 1.19 bits per heavy atom. The van der Waals surface area contributed by atoms with Crippen molar-refractivity contribution in [2.45, 2.75) is 35.8 Å². The Bertz CT molecular complexity index is 722. The fraction of sp³-hybridized carbons (Fsp3) is 0.500. The number of nitrogens with two attached hydrogens (primary N) is 1. The van der Waals surface area contributed by atoms with Crippen LogP contribution in [0, 0.1) is 0 Å². The first kappa shape index (κ1) is 16.1. The van der Waals surface area contributed by atoms with Gasteiger partial charge < -0.3 is 4.74 Å². The van der Waals surface area contributed by atoms with E-state index in [2.05, 4.69) is 4.72 Å². The van der Waals surface area contributed by atoms with Gasteiger partial charge in [0.05, 0.1) is 18.0 Å². The van der Waals surface area contributed by atoms with Gasteiger partial charge in [-0.05, 0) is 31.0 Å². The van der Waals surface area contributed by atoms with E-state index < -0.39 is 25.3 Å². The Kier molecular flexibility index (Phi) is 4.45. The highest BCUT2D eigenvalue weighted by molar-refractivity contribution is 7.93. The second-order valence-electron chi connectivity index (χ2n) is 4.96. The van der Waals surface area contributed by atoms with Crippen molar-refractivity contribution in [1.82, 2.24) is 0 Å². The van der Waals surface area contributed by atoms with Crippen LogP contribution in [0.3, 0.4) is 0 Å². The van der Waals surface area contributed by atoms with Crippen molar-refractivity contribution < 1.29 is 21.6 Å². The van der Waals surface area contributed by atoms with Crippen molar-refractivity contribution in [3.05, 3.63) is 18.2 Å². The summed E-state index contributed by atoms with van der Waals surface area (Å²) in [7, 11) is -6.21. The molecular weight excluding hydrogens is 316 g/mol. The van der Waals surface area contributed by atoms with E-state index in [-0.39, 0.29) is 16.3 Å². The van der Waals surface area contributed by atoms with Crippen molar-refractivity contribution in [3.8, 4) is 5.75 Å². The number of methoxy groups -OCH3 is 1. The Labute approximate surface area is 124 Å². The minimum Gasteiger partial charge on any atom is -0.495 e. The second-order valence-corrected chi connectivity index (χ2v) is 8.45. The summed E-state index contributed by atoms with van der Waals surface area (Å²) in [4.78, 5) is -0.253. The standard InChI is InChI=1S/C12H18N2O5S2/c1-19-11-7-6-9(8-12(11)20(13,15)16)14-21(17,18)10-4-2-3-5-10/h6-8,10,14H,2-5H2,1H3,(H2,13,15,16). The summed E-state index contributed by atoms with van der Waals surface area (Å²) in [6.07, 6.45) is 3.01. The lowest BCUT2D eigenvalue weighted by Crippen LogP contribution is -2.25. The Hall–Kier alpha value is -1.32. The third-order valence-corrected chi connectivity index (χ3v) is 6.27. The Morgan fingerprint density at radius 3 is 2.33 bits per heavy atom. The quantitative estimate of drug-likeness (QED) is 0.834. The van der Waals surface area contributed by atoms with Gasteiger partial charge in [-0.1, -0.05) is 12.8 Å². The summed E-state index contributed by atoms with van der Waals surface area (Å²) in [5.41, 5.74) is 0.159. The van der Waals surface area contributed by atoms with Gasteiger partial charge in [-0.25, -0.2) is 22.0 Å². The zero-order valence-corrected chi connectivity index (χ0v) is 13.2. The summed E-state index contributed by atoms with van der Waals surface area (Å²) in [5, 5.41) is 4.67. The fourth-order valence-electron chi connectivity index (χ4n) is 2.41. The van der Waals surface area contributed by atoms with Gasteiger partial charge in [0.25, 0.3) is 0 Å². The molecule has 9 heteroatoms. The smallest absolute Gasteiger partial charge is 0.241 e. The number of nitrogens with one attached hydrogen (secondary N) is 1. The molecule has 0 heterocycles. The van der Waals surface area contributed by atoms with Crippen LogP contribution in [0.25, 0.3) is 0 Å². The molecule has 0 radical (unpaired) electrons. The molecule has 7 nitrogen and oxygen atoms in total. The van der Waals surface area contributed by atoms with E-state index in [1.54, 1.807) is 0 Å². The van der Waals surface area contributed by atoms with Gasteiger partial charge in [0.15, 0.2) is 0 Å². The lowest BCUT2D eigenvalue weighted by molar-refractivity contribution is 0.403. The van der Waals surface area contributed by atoms with Crippen LogP contribution in [0.5, 0.6) is 5.75 Å². The Morgan fingerprint density at radius 2 is 1.81 bits per heavy atom. The van der Waals surface area contributed by atoms with Crippen LogP contribution in [-0.2, 0) is 20.0 Å². The number of ether oxygens (including phenoxy) is 1. The highest BCUT2D eigenvalue weighted by atomic mass is 32.2. The molecule has 0 aliphatic heterocycles. The third kappa shape index (κ3) is 3.66. The van der Waals surface area contributed by atoms with E-state index in [1.807, 2.05) is 0 Å². The average Bonchev–Trinajstić information content (AvgIpc) is 2.92. The first-order valence-electron chi connectivity index (χ1n) is 6.46.